The molecule has 0 unspecified atom stereocenters. The van der Waals surface area contributed by atoms with E-state index in [4.69, 9.17) is 0 Å². The predicted octanol–water partition coefficient (Wildman–Crippen LogP) is 5.64. The van der Waals surface area contributed by atoms with E-state index in [2.05, 4.69) is 78.0 Å². The molecule has 0 aliphatic heterocycles. The maximum absolute atomic E-state index is 4.43. The summed E-state index contributed by atoms with van der Waals surface area (Å²) in [5, 5.41) is 16.5. The second-order valence-electron chi connectivity index (χ2n) is 6.69. The fourth-order valence-electron chi connectivity index (χ4n) is 3.81. The smallest absolute Gasteiger partial charge is 0.113 e. The van der Waals surface area contributed by atoms with E-state index in [1.54, 1.807) is 0 Å². The topological polar surface area (TPSA) is 30.7 Å². The van der Waals surface area contributed by atoms with Gasteiger partial charge in [-0.25, -0.2) is 0 Å². The van der Waals surface area contributed by atoms with Crippen molar-refractivity contribution in [1.29, 1.82) is 0 Å². The number of aromatic nitrogens is 3. The molecular formula is C22H19N3. The maximum atomic E-state index is 4.43. The molecule has 0 fully saturated rings. The van der Waals surface area contributed by atoms with Gasteiger partial charge in [0.1, 0.15) is 5.69 Å². The van der Waals surface area contributed by atoms with E-state index >= 15 is 0 Å². The van der Waals surface area contributed by atoms with E-state index in [1.165, 1.54) is 32.3 Å². The Labute approximate surface area is 146 Å². The second-order valence-corrected chi connectivity index (χ2v) is 6.69. The van der Waals surface area contributed by atoms with Crippen LogP contribution in [-0.2, 0) is 6.54 Å². The van der Waals surface area contributed by atoms with Gasteiger partial charge in [-0.05, 0) is 38.7 Å². The summed E-state index contributed by atoms with van der Waals surface area (Å²) >= 11 is 0. The molecule has 0 amide bonds. The molecule has 122 valence electrons. The van der Waals surface area contributed by atoms with Gasteiger partial charge in [0.2, 0.25) is 0 Å². The van der Waals surface area contributed by atoms with E-state index in [-0.39, 0.29) is 0 Å². The molecule has 3 nitrogen and oxygen atoms in total. The Morgan fingerprint density at radius 2 is 1.56 bits per heavy atom. The van der Waals surface area contributed by atoms with Gasteiger partial charge in [-0.15, -0.1) is 5.10 Å². The molecule has 0 aliphatic rings. The van der Waals surface area contributed by atoms with Crippen LogP contribution in [0.25, 0.3) is 43.6 Å². The van der Waals surface area contributed by atoms with Crippen molar-refractivity contribution in [3.8, 4) is 11.3 Å². The lowest BCUT2D eigenvalue weighted by Crippen LogP contribution is -1.97. The van der Waals surface area contributed by atoms with Crippen LogP contribution in [0.1, 0.15) is 19.8 Å². The van der Waals surface area contributed by atoms with Crippen LogP contribution >= 0.6 is 0 Å². The predicted molar refractivity (Wildman–Crippen MR) is 104 cm³/mol. The van der Waals surface area contributed by atoms with E-state index in [9.17, 15) is 0 Å². The van der Waals surface area contributed by atoms with Gasteiger partial charge in [-0.3, -0.25) is 4.68 Å². The average molecular weight is 325 g/mol. The van der Waals surface area contributed by atoms with Crippen molar-refractivity contribution < 1.29 is 0 Å². The molecule has 5 rings (SSSR count). The first-order chi connectivity index (χ1) is 12.3. The van der Waals surface area contributed by atoms with Gasteiger partial charge >= 0.3 is 0 Å². The van der Waals surface area contributed by atoms with Crippen molar-refractivity contribution in [2.75, 3.05) is 0 Å². The van der Waals surface area contributed by atoms with Crippen molar-refractivity contribution in [2.45, 2.75) is 26.3 Å². The Balaban J connectivity index is 1.77. The van der Waals surface area contributed by atoms with Crippen molar-refractivity contribution in [2.24, 2.45) is 0 Å². The van der Waals surface area contributed by atoms with Gasteiger partial charge in [0.05, 0.1) is 6.20 Å². The van der Waals surface area contributed by atoms with Crippen LogP contribution in [0.3, 0.4) is 0 Å². The zero-order valence-electron chi connectivity index (χ0n) is 14.2. The molecule has 0 saturated carbocycles. The van der Waals surface area contributed by atoms with E-state index in [1.807, 2.05) is 4.68 Å². The van der Waals surface area contributed by atoms with Gasteiger partial charge < -0.3 is 0 Å². The molecule has 4 aromatic carbocycles. The summed E-state index contributed by atoms with van der Waals surface area (Å²) in [5.74, 6) is 0. The number of benzene rings is 4. The molecule has 5 aromatic rings. The number of rotatable bonds is 4. The first-order valence-corrected chi connectivity index (χ1v) is 8.92. The van der Waals surface area contributed by atoms with Crippen LogP contribution < -0.4 is 0 Å². The lowest BCUT2D eigenvalue weighted by Gasteiger charge is -2.12. The van der Waals surface area contributed by atoms with Gasteiger partial charge in [0.15, 0.2) is 0 Å². The number of nitrogens with zero attached hydrogens (tertiary/aromatic N) is 3. The first kappa shape index (κ1) is 14.4. The van der Waals surface area contributed by atoms with Crippen LogP contribution in [0, 0.1) is 0 Å². The summed E-state index contributed by atoms with van der Waals surface area (Å²) in [6.45, 7) is 3.12. The summed E-state index contributed by atoms with van der Waals surface area (Å²) < 4.78 is 1.96. The van der Waals surface area contributed by atoms with E-state index < -0.39 is 0 Å². The molecule has 0 N–H and O–H groups in total. The van der Waals surface area contributed by atoms with Crippen LogP contribution in [0.2, 0.25) is 0 Å². The number of unbranched alkanes of at least 4 members (excludes halogenated alkanes) is 1. The highest BCUT2D eigenvalue weighted by atomic mass is 15.4. The molecular weight excluding hydrogens is 306 g/mol. The third kappa shape index (κ3) is 2.19. The Hall–Kier alpha value is -2.94. The number of hydrogen-bond donors (Lipinski definition) is 0. The minimum absolute atomic E-state index is 0.926. The maximum Gasteiger partial charge on any atom is 0.113 e. The fraction of sp³-hybridized carbons (Fsp3) is 0.182. The van der Waals surface area contributed by atoms with E-state index in [0.29, 0.717) is 0 Å². The molecule has 1 aromatic heterocycles. The molecule has 0 bridgehead atoms. The van der Waals surface area contributed by atoms with Crippen LogP contribution in [0.5, 0.6) is 0 Å². The van der Waals surface area contributed by atoms with Crippen molar-refractivity contribution in [3.63, 3.8) is 0 Å². The second kappa shape index (κ2) is 5.55. The molecule has 0 saturated heterocycles. The van der Waals surface area contributed by atoms with Crippen LogP contribution in [-0.4, -0.2) is 15.0 Å². The van der Waals surface area contributed by atoms with Gasteiger partial charge in [-0.2, -0.15) is 0 Å². The van der Waals surface area contributed by atoms with Crippen molar-refractivity contribution >= 4 is 32.3 Å². The first-order valence-electron chi connectivity index (χ1n) is 8.92. The average Bonchev–Trinajstić information content (AvgIpc) is 3.13. The van der Waals surface area contributed by atoms with Gasteiger partial charge in [0, 0.05) is 12.1 Å². The molecule has 0 atom stereocenters. The van der Waals surface area contributed by atoms with Crippen molar-refractivity contribution in [1.82, 2.24) is 15.0 Å². The molecule has 3 heteroatoms. The third-order valence-corrected chi connectivity index (χ3v) is 5.08. The van der Waals surface area contributed by atoms with Gasteiger partial charge in [-0.1, -0.05) is 73.2 Å². The minimum atomic E-state index is 0.926. The Morgan fingerprint density at radius 1 is 0.840 bits per heavy atom. The highest BCUT2D eigenvalue weighted by Gasteiger charge is 2.13. The minimum Gasteiger partial charge on any atom is -0.252 e. The highest BCUT2D eigenvalue weighted by molar-refractivity contribution is 6.25. The largest absolute Gasteiger partial charge is 0.252 e. The zero-order chi connectivity index (χ0) is 16.8. The standard InChI is InChI=1S/C22H19N3/c1-2-3-13-25-14-20(23-24-25)18-11-9-17-8-7-15-5-4-6-16-10-12-19(18)22(17)21(15)16/h4-12,14H,2-3,13H2,1H3. The monoisotopic (exact) mass is 325 g/mol. The summed E-state index contributed by atoms with van der Waals surface area (Å²) in [7, 11) is 0. The van der Waals surface area contributed by atoms with E-state index in [0.717, 1.165) is 30.6 Å². The molecule has 25 heavy (non-hydrogen) atoms. The SMILES string of the molecule is CCCCn1cc(-c2ccc3ccc4cccc5ccc2c3c45)nn1. The fourth-order valence-corrected chi connectivity index (χ4v) is 3.81. The Morgan fingerprint density at radius 3 is 2.36 bits per heavy atom. The van der Waals surface area contributed by atoms with Crippen LogP contribution in [0.15, 0.2) is 60.8 Å². The van der Waals surface area contributed by atoms with Crippen molar-refractivity contribution in [3.05, 3.63) is 60.8 Å². The molecule has 0 radical (unpaired) electrons. The summed E-state index contributed by atoms with van der Waals surface area (Å²) in [6.07, 6.45) is 4.36. The molecule has 0 aliphatic carbocycles. The summed E-state index contributed by atoms with van der Waals surface area (Å²) in [6, 6.07) is 19.8. The summed E-state index contributed by atoms with van der Waals surface area (Å²) in [4.78, 5) is 0. The third-order valence-electron chi connectivity index (χ3n) is 5.08. The lowest BCUT2D eigenvalue weighted by atomic mass is 9.91. The Bertz CT molecular complexity index is 1170. The zero-order valence-corrected chi connectivity index (χ0v) is 14.2. The summed E-state index contributed by atoms with van der Waals surface area (Å²) in [5.41, 5.74) is 2.11. The highest BCUT2D eigenvalue weighted by Crippen LogP contribution is 2.38. The molecule has 1 heterocycles. The number of hydrogen-bond acceptors (Lipinski definition) is 2. The quantitative estimate of drug-likeness (QED) is 0.400. The van der Waals surface area contributed by atoms with Gasteiger partial charge in [0.25, 0.3) is 0 Å². The Kier molecular flexibility index (Phi) is 3.20. The lowest BCUT2D eigenvalue weighted by molar-refractivity contribution is 0.553. The normalized spacial score (nSPS) is 11.9. The number of aryl methyl sites for hydroxylation is 1. The molecule has 0 spiro atoms. The van der Waals surface area contributed by atoms with Crippen LogP contribution in [0.4, 0.5) is 0 Å².